The molecule has 0 saturated carbocycles. The molecule has 0 amide bonds. The summed E-state index contributed by atoms with van der Waals surface area (Å²) in [5.74, 6) is 1.85. The SMILES string of the molecule is CC(C)(C)N([O-])c1ccccn1.CC(C)(C)N([O-])c1ccccn1.CC(C)(C)N([O-])c1ccccn1.CC(C)(C)N([O-])c1ccccn1.[Ce+4]. The first-order valence-electron chi connectivity index (χ1n) is 15.6. The van der Waals surface area contributed by atoms with E-state index in [4.69, 9.17) is 0 Å². The van der Waals surface area contributed by atoms with Crippen LogP contribution in [-0.2, 0) is 0 Å². The molecule has 4 aromatic heterocycles. The number of pyridine rings is 4. The first-order valence-corrected chi connectivity index (χ1v) is 15.6. The van der Waals surface area contributed by atoms with Crippen molar-refractivity contribution in [3.63, 3.8) is 0 Å². The molecule has 0 fully saturated rings. The summed E-state index contributed by atoms with van der Waals surface area (Å²) >= 11 is 0. The average Bonchev–Trinajstić information content (AvgIpc) is 3.04. The molecule has 4 aromatic rings. The van der Waals surface area contributed by atoms with Gasteiger partial charge in [0.25, 0.3) is 0 Å². The monoisotopic (exact) mass is 800 g/mol. The molecule has 49 heavy (non-hydrogen) atoms. The molecule has 0 saturated heterocycles. The number of anilines is 4. The van der Waals surface area contributed by atoms with Crippen LogP contribution in [0.3, 0.4) is 0 Å². The smallest absolute Gasteiger partial charge is 0.757 e. The maximum absolute atomic E-state index is 11.5. The Morgan fingerprint density at radius 3 is 0.612 bits per heavy atom. The molecule has 4 rings (SSSR count). The first-order chi connectivity index (χ1) is 22.1. The third kappa shape index (κ3) is 17.5. The topological polar surface area (TPSA) is 157 Å². The number of rotatable bonds is 4. The Hall–Kier alpha value is -2.98. The zero-order valence-electron chi connectivity index (χ0n) is 30.9. The fourth-order valence-corrected chi connectivity index (χ4v) is 3.27. The van der Waals surface area contributed by atoms with E-state index in [0.717, 1.165) is 20.3 Å². The van der Waals surface area contributed by atoms with Gasteiger partial charge in [-0.3, -0.25) is 0 Å². The van der Waals surface area contributed by atoms with Crippen molar-refractivity contribution in [3.8, 4) is 0 Å². The summed E-state index contributed by atoms with van der Waals surface area (Å²) in [6, 6.07) is 21.2. The number of hydrogen-bond donors (Lipinski definition) is 0. The molecule has 0 aliphatic carbocycles. The van der Waals surface area contributed by atoms with Gasteiger partial charge in [0.2, 0.25) is 0 Å². The van der Waals surface area contributed by atoms with Gasteiger partial charge in [-0.1, -0.05) is 24.3 Å². The van der Waals surface area contributed by atoms with Crippen LogP contribution in [0.25, 0.3) is 0 Å². The molecular formula is C36H52CeN8O4. The van der Waals surface area contributed by atoms with Crippen LogP contribution in [0.1, 0.15) is 83.1 Å². The molecule has 0 aliphatic heterocycles. The van der Waals surface area contributed by atoms with Gasteiger partial charge in [0.15, 0.2) is 0 Å². The summed E-state index contributed by atoms with van der Waals surface area (Å²) in [5, 5.41) is 49.7. The minimum atomic E-state index is -0.422. The Kier molecular flexibility index (Phi) is 19.4. The summed E-state index contributed by atoms with van der Waals surface area (Å²) < 4.78 is 0. The van der Waals surface area contributed by atoms with Crippen molar-refractivity contribution < 1.29 is 41.7 Å². The zero-order valence-corrected chi connectivity index (χ0v) is 34.1. The van der Waals surface area contributed by atoms with Gasteiger partial charge in [0.05, 0.1) is 0 Å². The second-order valence-electron chi connectivity index (χ2n) is 14.6. The Labute approximate surface area is 326 Å². The zero-order chi connectivity index (χ0) is 36.8. The number of hydrogen-bond acceptors (Lipinski definition) is 12. The molecule has 0 radical (unpaired) electrons. The van der Waals surface area contributed by atoms with Crippen LogP contribution in [0.4, 0.5) is 23.3 Å². The van der Waals surface area contributed by atoms with Crippen LogP contribution < -0.4 is 20.3 Å². The predicted molar refractivity (Wildman–Crippen MR) is 199 cm³/mol. The minimum Gasteiger partial charge on any atom is -0.757 e. The van der Waals surface area contributed by atoms with Gasteiger partial charge in [0.1, 0.15) is 23.3 Å². The molecule has 0 spiro atoms. The van der Waals surface area contributed by atoms with E-state index in [2.05, 4.69) is 19.9 Å². The van der Waals surface area contributed by atoms with Gasteiger partial charge in [-0.05, 0) is 132 Å². The second-order valence-corrected chi connectivity index (χ2v) is 14.6. The molecule has 0 aliphatic rings. The van der Waals surface area contributed by atoms with E-state index in [1.807, 2.05) is 83.1 Å². The first kappa shape index (κ1) is 46.0. The van der Waals surface area contributed by atoms with E-state index in [9.17, 15) is 20.8 Å². The summed E-state index contributed by atoms with van der Waals surface area (Å²) in [6.07, 6.45) is 6.47. The van der Waals surface area contributed by atoms with Gasteiger partial charge in [0, 0.05) is 46.9 Å². The third-order valence-corrected chi connectivity index (χ3v) is 5.87. The largest absolute Gasteiger partial charge is 4.00 e. The molecule has 0 aromatic carbocycles. The van der Waals surface area contributed by atoms with E-state index < -0.39 is 22.2 Å². The molecular weight excluding hydrogens is 749 g/mol. The summed E-state index contributed by atoms with van der Waals surface area (Å²) in [4.78, 5) is 15.8. The summed E-state index contributed by atoms with van der Waals surface area (Å²) in [5.41, 5.74) is -1.69. The van der Waals surface area contributed by atoms with Crippen molar-refractivity contribution in [3.05, 3.63) is 118 Å². The van der Waals surface area contributed by atoms with E-state index in [0.29, 0.717) is 23.3 Å². The third-order valence-electron chi connectivity index (χ3n) is 5.87. The van der Waals surface area contributed by atoms with Crippen molar-refractivity contribution in [2.24, 2.45) is 0 Å². The number of nitrogens with zero attached hydrogens (tertiary/aromatic N) is 8. The Balaban J connectivity index is 0.000000623. The van der Waals surface area contributed by atoms with E-state index >= 15 is 0 Å². The van der Waals surface area contributed by atoms with Crippen LogP contribution in [0.15, 0.2) is 97.6 Å². The number of aromatic nitrogens is 4. The van der Waals surface area contributed by atoms with Crippen molar-refractivity contribution in [2.45, 2.75) is 105 Å². The van der Waals surface area contributed by atoms with Gasteiger partial charge in [-0.25, -0.2) is 19.9 Å². The van der Waals surface area contributed by atoms with E-state index in [-0.39, 0.29) is 41.7 Å². The number of hydroxylamine groups is 4. The Bertz CT molecular complexity index is 1190. The molecule has 13 heteroatoms. The van der Waals surface area contributed by atoms with Crippen molar-refractivity contribution >= 4 is 23.3 Å². The Morgan fingerprint density at radius 2 is 0.510 bits per heavy atom. The molecule has 4 heterocycles. The Morgan fingerprint density at radius 1 is 0.347 bits per heavy atom. The standard InChI is InChI=1S/4C9H13N2O.Ce/c4*1-9(2,3)11(12)8-6-4-5-7-10-8;/h4*4-7H,1-3H3;/q4*-1;+4. The van der Waals surface area contributed by atoms with Crippen LogP contribution in [-0.4, -0.2) is 42.1 Å². The van der Waals surface area contributed by atoms with Gasteiger partial charge in [-0.15, -0.1) is 0 Å². The van der Waals surface area contributed by atoms with E-state index in [1.165, 1.54) is 0 Å². The van der Waals surface area contributed by atoms with Gasteiger partial charge in [-0.2, -0.15) is 0 Å². The van der Waals surface area contributed by atoms with Crippen molar-refractivity contribution in [2.75, 3.05) is 20.3 Å². The molecule has 0 N–H and O–H groups in total. The quantitative estimate of drug-likeness (QED) is 0.181. The average molecular weight is 801 g/mol. The van der Waals surface area contributed by atoms with Crippen molar-refractivity contribution in [1.82, 2.24) is 19.9 Å². The summed E-state index contributed by atoms with van der Waals surface area (Å²) in [6.45, 7) is 22.3. The molecule has 264 valence electrons. The van der Waals surface area contributed by atoms with Gasteiger partial charge >= 0.3 is 41.7 Å². The maximum atomic E-state index is 11.5. The normalized spacial score (nSPS) is 11.1. The minimum absolute atomic E-state index is 0. The van der Waals surface area contributed by atoms with E-state index in [1.54, 1.807) is 97.6 Å². The molecule has 12 nitrogen and oxygen atoms in total. The van der Waals surface area contributed by atoms with Crippen LogP contribution in [0.5, 0.6) is 0 Å². The maximum Gasteiger partial charge on any atom is 4.00 e. The molecule has 0 atom stereocenters. The van der Waals surface area contributed by atoms with Crippen molar-refractivity contribution in [1.29, 1.82) is 0 Å². The second kappa shape index (κ2) is 20.6. The van der Waals surface area contributed by atoms with Gasteiger partial charge < -0.3 is 41.1 Å². The fraction of sp³-hybridized carbons (Fsp3) is 0.444. The van der Waals surface area contributed by atoms with Crippen LogP contribution in [0, 0.1) is 62.6 Å². The molecule has 0 bridgehead atoms. The summed E-state index contributed by atoms with van der Waals surface area (Å²) in [7, 11) is 0. The fourth-order valence-electron chi connectivity index (χ4n) is 3.27. The predicted octanol–water partition coefficient (Wildman–Crippen LogP) is 8.74. The molecule has 0 unspecified atom stereocenters. The van der Waals surface area contributed by atoms with Crippen LogP contribution in [0.2, 0.25) is 0 Å². The van der Waals surface area contributed by atoms with Crippen LogP contribution >= 0.6 is 0 Å².